The maximum absolute atomic E-state index is 12.7. The van der Waals surface area contributed by atoms with E-state index in [1.807, 2.05) is 27.2 Å². The summed E-state index contributed by atoms with van der Waals surface area (Å²) in [4.78, 5) is 37.7. The molecule has 0 radical (unpaired) electrons. The standard InChI is InChI=1S/C54H92NO8P/c1-6-8-10-12-14-16-18-20-22-24-26-27-29-31-33-35-37-39-41-43-45-47-54(57)63-52(51-62-64(58,59)61-49-48-55(3,4)5)50-60-53(56)46-44-42-40-38-36-34-32-30-28-25-23-21-19-17-15-13-11-9-7-2/h15,17,21-24,27-30,33-36,39,41,52H,6-14,16,18-20,25-26,31-32,37-38,40,42-51H2,1-5H3/b17-15+,23-21+,24-22+,29-27+,30-28+,35-33+,36-34+,41-39+/t52-/m1/s1. The lowest BCUT2D eigenvalue weighted by atomic mass is 10.1. The van der Waals surface area contributed by atoms with Gasteiger partial charge >= 0.3 is 11.9 Å². The van der Waals surface area contributed by atoms with Crippen LogP contribution in [0.1, 0.15) is 181 Å². The number of esters is 2. The van der Waals surface area contributed by atoms with Gasteiger partial charge < -0.3 is 27.9 Å². The first-order chi connectivity index (χ1) is 31.0. The van der Waals surface area contributed by atoms with Gasteiger partial charge in [0.25, 0.3) is 7.82 Å². The average molecular weight is 914 g/mol. The van der Waals surface area contributed by atoms with Gasteiger partial charge in [-0.25, -0.2) is 0 Å². The number of unbranched alkanes of at least 4 members (excludes halogenated alkanes) is 14. The summed E-state index contributed by atoms with van der Waals surface area (Å²) in [5, 5.41) is 0. The Labute approximate surface area is 392 Å². The van der Waals surface area contributed by atoms with Crippen molar-refractivity contribution in [3.8, 4) is 0 Å². The number of nitrogens with zero attached hydrogens (tertiary/aromatic N) is 1. The molecule has 0 aliphatic rings. The summed E-state index contributed by atoms with van der Waals surface area (Å²) in [5.74, 6) is -0.944. The fourth-order valence-corrected chi connectivity index (χ4v) is 6.89. The molecule has 0 fully saturated rings. The largest absolute Gasteiger partial charge is 0.756 e. The van der Waals surface area contributed by atoms with E-state index in [0.29, 0.717) is 30.3 Å². The van der Waals surface area contributed by atoms with Crippen LogP contribution in [0.5, 0.6) is 0 Å². The van der Waals surface area contributed by atoms with Crippen LogP contribution in [0.3, 0.4) is 0 Å². The predicted molar refractivity (Wildman–Crippen MR) is 268 cm³/mol. The molecule has 0 saturated carbocycles. The highest BCUT2D eigenvalue weighted by atomic mass is 31.2. The number of carbonyl (C=O) groups excluding carboxylic acids is 2. The fourth-order valence-electron chi connectivity index (χ4n) is 6.16. The molecule has 10 heteroatoms. The van der Waals surface area contributed by atoms with Gasteiger partial charge in [-0.15, -0.1) is 0 Å². The number of phosphoric ester groups is 1. The van der Waals surface area contributed by atoms with Crippen molar-refractivity contribution in [1.29, 1.82) is 0 Å². The number of hydrogen-bond donors (Lipinski definition) is 0. The summed E-state index contributed by atoms with van der Waals surface area (Å²) in [6.45, 7) is 4.08. The Balaban J connectivity index is 4.47. The van der Waals surface area contributed by atoms with Crippen molar-refractivity contribution in [3.63, 3.8) is 0 Å². The van der Waals surface area contributed by atoms with E-state index < -0.39 is 32.5 Å². The molecule has 9 nitrogen and oxygen atoms in total. The lowest BCUT2D eigenvalue weighted by molar-refractivity contribution is -0.870. The number of likely N-dealkylation sites (N-methyl/N-ethyl adjacent to an activating group) is 1. The second-order valence-electron chi connectivity index (χ2n) is 17.5. The van der Waals surface area contributed by atoms with Gasteiger partial charge in [0.2, 0.25) is 0 Å². The molecular formula is C54H92NO8P. The van der Waals surface area contributed by atoms with Gasteiger partial charge in [-0.05, 0) is 96.3 Å². The van der Waals surface area contributed by atoms with E-state index in [1.165, 1.54) is 77.0 Å². The van der Waals surface area contributed by atoms with Crippen LogP contribution in [0.4, 0.5) is 0 Å². The zero-order valence-corrected chi connectivity index (χ0v) is 42.1. The minimum atomic E-state index is -4.66. The molecule has 0 heterocycles. The van der Waals surface area contributed by atoms with E-state index in [9.17, 15) is 19.0 Å². The number of hydrogen-bond acceptors (Lipinski definition) is 8. The number of carbonyl (C=O) groups is 2. The SMILES string of the molecule is CCCCC/C=C/C/C=C/C/C=C/C/C=C/CCCCCC(=O)OC[C@H](COP(=O)([O-])OCC[N+](C)(C)C)OC(=O)CCC/C=C/C/C=C/C/C=C/C/C=C/CCCCCCCCC. The second-order valence-corrected chi connectivity index (χ2v) is 18.9. The lowest BCUT2D eigenvalue weighted by Gasteiger charge is -2.28. The first kappa shape index (κ1) is 60.9. The third-order valence-electron chi connectivity index (χ3n) is 10.1. The zero-order valence-electron chi connectivity index (χ0n) is 41.2. The summed E-state index contributed by atoms with van der Waals surface area (Å²) in [7, 11) is 1.10. The number of allylic oxidation sites excluding steroid dienone is 16. The van der Waals surface area contributed by atoms with Crippen molar-refractivity contribution < 1.29 is 42.1 Å². The van der Waals surface area contributed by atoms with Gasteiger partial charge in [-0.2, -0.15) is 0 Å². The molecule has 366 valence electrons. The first-order valence-corrected chi connectivity index (χ1v) is 26.4. The quantitative estimate of drug-likeness (QED) is 0.0195. The molecule has 0 aliphatic carbocycles. The van der Waals surface area contributed by atoms with Gasteiger partial charge in [0.05, 0.1) is 27.7 Å². The molecule has 0 saturated heterocycles. The molecule has 0 aliphatic heterocycles. The van der Waals surface area contributed by atoms with Crippen molar-refractivity contribution in [3.05, 3.63) is 97.2 Å². The minimum Gasteiger partial charge on any atom is -0.756 e. The topological polar surface area (TPSA) is 111 Å². The molecule has 0 aromatic heterocycles. The molecule has 2 atom stereocenters. The number of quaternary nitrogens is 1. The molecule has 0 bridgehead atoms. The molecule has 64 heavy (non-hydrogen) atoms. The highest BCUT2D eigenvalue weighted by Crippen LogP contribution is 2.38. The molecule has 0 N–H and O–H groups in total. The summed E-state index contributed by atoms with van der Waals surface area (Å²) >= 11 is 0. The van der Waals surface area contributed by atoms with Gasteiger partial charge in [0.15, 0.2) is 6.10 Å². The van der Waals surface area contributed by atoms with E-state index in [1.54, 1.807) is 0 Å². The van der Waals surface area contributed by atoms with E-state index >= 15 is 0 Å². The van der Waals surface area contributed by atoms with Crippen molar-refractivity contribution in [1.82, 2.24) is 0 Å². The van der Waals surface area contributed by atoms with Crippen LogP contribution in [0, 0.1) is 0 Å². The Hall–Kier alpha value is -3.07. The van der Waals surface area contributed by atoms with Gasteiger partial charge in [0, 0.05) is 12.8 Å². The van der Waals surface area contributed by atoms with Crippen LogP contribution in [0.15, 0.2) is 97.2 Å². The predicted octanol–water partition coefficient (Wildman–Crippen LogP) is 14.3. The monoisotopic (exact) mass is 914 g/mol. The Kier molecular flexibility index (Phi) is 42.9. The Bertz CT molecular complexity index is 1400. The van der Waals surface area contributed by atoms with Crippen LogP contribution in [0.25, 0.3) is 0 Å². The maximum Gasteiger partial charge on any atom is 0.306 e. The third-order valence-corrected chi connectivity index (χ3v) is 11.0. The lowest BCUT2D eigenvalue weighted by Crippen LogP contribution is -2.37. The maximum atomic E-state index is 12.7. The van der Waals surface area contributed by atoms with Crippen LogP contribution in [0.2, 0.25) is 0 Å². The summed E-state index contributed by atoms with van der Waals surface area (Å²) in [6, 6.07) is 0. The average Bonchev–Trinajstić information content (AvgIpc) is 3.25. The number of phosphoric acid groups is 1. The van der Waals surface area contributed by atoms with E-state index in [-0.39, 0.29) is 26.1 Å². The van der Waals surface area contributed by atoms with Crippen molar-refractivity contribution in [2.75, 3.05) is 47.5 Å². The van der Waals surface area contributed by atoms with Gasteiger partial charge in [-0.1, -0.05) is 169 Å². The molecule has 0 aromatic rings. The van der Waals surface area contributed by atoms with Gasteiger partial charge in [-0.3, -0.25) is 14.2 Å². The molecule has 0 aromatic carbocycles. The minimum absolute atomic E-state index is 0.0518. The van der Waals surface area contributed by atoms with E-state index in [0.717, 1.165) is 57.8 Å². The number of rotatable bonds is 44. The molecular weight excluding hydrogens is 822 g/mol. The second kappa shape index (κ2) is 45.1. The molecule has 0 spiro atoms. The van der Waals surface area contributed by atoms with E-state index in [4.69, 9.17) is 18.5 Å². The molecule has 0 amide bonds. The normalized spacial score (nSPS) is 14.3. The Morgan fingerprint density at radius 3 is 1.33 bits per heavy atom. The highest BCUT2D eigenvalue weighted by Gasteiger charge is 2.21. The van der Waals surface area contributed by atoms with Crippen LogP contribution in [-0.4, -0.2) is 70.0 Å². The summed E-state index contributed by atoms with van der Waals surface area (Å²) in [6.07, 6.45) is 60.2. The van der Waals surface area contributed by atoms with Crippen molar-refractivity contribution in [2.45, 2.75) is 187 Å². The van der Waals surface area contributed by atoms with E-state index in [2.05, 4.69) is 105 Å². The summed E-state index contributed by atoms with van der Waals surface area (Å²) in [5.41, 5.74) is 0. The smallest absolute Gasteiger partial charge is 0.306 e. The van der Waals surface area contributed by atoms with Crippen molar-refractivity contribution in [2.24, 2.45) is 0 Å². The van der Waals surface area contributed by atoms with Crippen LogP contribution < -0.4 is 4.89 Å². The molecule has 0 rings (SSSR count). The van der Waals surface area contributed by atoms with Crippen LogP contribution in [-0.2, 0) is 32.7 Å². The fraction of sp³-hybridized carbons (Fsp3) is 0.667. The Morgan fingerprint density at radius 2 is 0.859 bits per heavy atom. The van der Waals surface area contributed by atoms with Crippen LogP contribution >= 0.6 is 7.82 Å². The first-order valence-electron chi connectivity index (χ1n) is 24.9. The zero-order chi connectivity index (χ0) is 47.1. The highest BCUT2D eigenvalue weighted by molar-refractivity contribution is 7.45. The van der Waals surface area contributed by atoms with Gasteiger partial charge in [0.1, 0.15) is 19.8 Å². The Morgan fingerprint density at radius 1 is 0.484 bits per heavy atom. The number of ether oxygens (including phenoxy) is 2. The summed E-state index contributed by atoms with van der Waals surface area (Å²) < 4.78 is 33.9. The van der Waals surface area contributed by atoms with Crippen molar-refractivity contribution >= 4 is 19.8 Å². The third kappa shape index (κ3) is 48.4. The molecule has 1 unspecified atom stereocenters.